The Kier molecular flexibility index (Phi) is 8.57. The van der Waals surface area contributed by atoms with E-state index < -0.39 is 0 Å². The number of benzene rings is 2. The molecule has 0 aliphatic carbocycles. The number of nitrogens with zero attached hydrogens (tertiary/aromatic N) is 3. The lowest BCUT2D eigenvalue weighted by molar-refractivity contribution is -0.114. The van der Waals surface area contributed by atoms with Gasteiger partial charge in [-0.25, -0.2) is 4.98 Å². The van der Waals surface area contributed by atoms with E-state index in [4.69, 9.17) is 0 Å². The van der Waals surface area contributed by atoms with E-state index in [1.54, 1.807) is 11.8 Å². The number of anilines is 2. The molecule has 0 radical (unpaired) electrons. The molecule has 2 aromatic heterocycles. The molecular weight excluding hydrogens is 543 g/mol. The number of hydrogen-bond donors (Lipinski definition) is 2. The molecule has 0 unspecified atom stereocenters. The first-order valence-corrected chi connectivity index (χ1v) is 15.3. The summed E-state index contributed by atoms with van der Waals surface area (Å²) in [6, 6.07) is 10.1. The largest absolute Gasteiger partial charge is 0.326 e. The molecule has 37 heavy (non-hydrogen) atoms. The molecule has 0 saturated carbocycles. The normalized spacial score (nSPS) is 11.6. The summed E-state index contributed by atoms with van der Waals surface area (Å²) in [5.74, 6) is 0.759. The van der Waals surface area contributed by atoms with Crippen molar-refractivity contribution in [3.05, 3.63) is 52.6 Å². The Morgan fingerprint density at radius 1 is 0.946 bits per heavy atom. The van der Waals surface area contributed by atoms with Crippen molar-refractivity contribution in [2.45, 2.75) is 61.4 Å². The van der Waals surface area contributed by atoms with Gasteiger partial charge in [-0.1, -0.05) is 67.8 Å². The molecule has 0 spiro atoms. The molecule has 11 heteroatoms. The van der Waals surface area contributed by atoms with Crippen molar-refractivity contribution in [3.63, 3.8) is 0 Å². The van der Waals surface area contributed by atoms with Crippen LogP contribution in [-0.2, 0) is 20.8 Å². The number of thiazole rings is 1. The van der Waals surface area contributed by atoms with Gasteiger partial charge in [0.25, 0.3) is 0 Å². The van der Waals surface area contributed by atoms with E-state index in [0.717, 1.165) is 30.3 Å². The van der Waals surface area contributed by atoms with E-state index in [9.17, 15) is 9.59 Å². The topological polar surface area (TPSA) is 96.9 Å². The molecule has 194 valence electrons. The van der Waals surface area contributed by atoms with Gasteiger partial charge < -0.3 is 5.32 Å². The first-order chi connectivity index (χ1) is 17.5. The lowest BCUT2D eigenvalue weighted by Gasteiger charge is -2.22. The molecule has 2 amide bonds. The number of fused-ring (bicyclic) bond motifs is 1. The number of rotatable bonds is 8. The van der Waals surface area contributed by atoms with E-state index in [1.807, 2.05) is 18.2 Å². The third-order valence-electron chi connectivity index (χ3n) is 5.57. The van der Waals surface area contributed by atoms with Crippen LogP contribution in [0, 0.1) is 13.8 Å². The van der Waals surface area contributed by atoms with Crippen molar-refractivity contribution < 1.29 is 9.59 Å². The molecule has 0 aliphatic rings. The van der Waals surface area contributed by atoms with Crippen molar-refractivity contribution >= 4 is 79.0 Å². The number of nitrogens with one attached hydrogen (secondary N) is 2. The number of carbonyl (C=O) groups is 2. The van der Waals surface area contributed by atoms with Crippen LogP contribution in [0.15, 0.2) is 39.0 Å². The highest BCUT2D eigenvalue weighted by molar-refractivity contribution is 8.01. The van der Waals surface area contributed by atoms with Crippen LogP contribution in [-0.4, -0.2) is 32.7 Å². The molecule has 4 aromatic rings. The minimum Gasteiger partial charge on any atom is -0.326 e. The number of carbonyl (C=O) groups excluding carboxylic acids is 2. The third-order valence-corrected chi connectivity index (χ3v) is 9.73. The summed E-state index contributed by atoms with van der Waals surface area (Å²) in [7, 11) is 0. The van der Waals surface area contributed by atoms with Gasteiger partial charge in [-0.05, 0) is 59.7 Å². The molecule has 4 rings (SSSR count). The fourth-order valence-electron chi connectivity index (χ4n) is 3.64. The van der Waals surface area contributed by atoms with Crippen LogP contribution < -0.4 is 10.6 Å². The zero-order chi connectivity index (χ0) is 26.7. The molecule has 2 aromatic carbocycles. The maximum Gasteiger partial charge on any atom is 0.236 e. The Balaban J connectivity index is 1.30. The number of amides is 2. The maximum absolute atomic E-state index is 12.5. The van der Waals surface area contributed by atoms with Crippen LogP contribution in [0.5, 0.6) is 0 Å². The van der Waals surface area contributed by atoms with Crippen molar-refractivity contribution in [3.8, 4) is 0 Å². The molecule has 7 nitrogen and oxygen atoms in total. The third kappa shape index (κ3) is 7.31. The Morgan fingerprint density at radius 2 is 1.68 bits per heavy atom. The van der Waals surface area contributed by atoms with Crippen molar-refractivity contribution in [1.29, 1.82) is 0 Å². The van der Waals surface area contributed by atoms with E-state index >= 15 is 0 Å². The predicted octanol–water partition coefficient (Wildman–Crippen LogP) is 7.04. The van der Waals surface area contributed by atoms with Crippen molar-refractivity contribution in [1.82, 2.24) is 15.2 Å². The van der Waals surface area contributed by atoms with Crippen LogP contribution in [0.4, 0.5) is 10.8 Å². The molecule has 2 heterocycles. The Morgan fingerprint density at radius 3 is 2.35 bits per heavy atom. The second-order valence-corrected chi connectivity index (χ2v) is 14.1. The quantitative estimate of drug-likeness (QED) is 0.173. The minimum absolute atomic E-state index is 0.117. The molecule has 0 bridgehead atoms. The van der Waals surface area contributed by atoms with Gasteiger partial charge in [0, 0.05) is 18.4 Å². The van der Waals surface area contributed by atoms with Gasteiger partial charge in [0.15, 0.2) is 8.68 Å². The van der Waals surface area contributed by atoms with Crippen LogP contribution >= 0.6 is 46.2 Å². The zero-order valence-electron chi connectivity index (χ0n) is 21.6. The highest BCUT2D eigenvalue weighted by atomic mass is 32.2. The average Bonchev–Trinajstić information content (AvgIpc) is 3.42. The number of aryl methyl sites for hydroxylation is 2. The second-order valence-electron chi connectivity index (χ2n) is 9.68. The first-order valence-electron chi connectivity index (χ1n) is 11.7. The Bertz CT molecular complexity index is 1430. The van der Waals surface area contributed by atoms with E-state index in [1.165, 1.54) is 63.6 Å². The van der Waals surface area contributed by atoms with E-state index in [0.29, 0.717) is 5.13 Å². The Hall–Kier alpha value is -2.47. The Labute approximate surface area is 233 Å². The fraction of sp³-hybridized carbons (Fsp3) is 0.346. The van der Waals surface area contributed by atoms with Gasteiger partial charge in [-0.2, -0.15) is 0 Å². The zero-order valence-corrected chi connectivity index (χ0v) is 24.9. The number of aromatic nitrogens is 3. The smallest absolute Gasteiger partial charge is 0.236 e. The van der Waals surface area contributed by atoms with E-state index in [-0.39, 0.29) is 23.0 Å². The lowest BCUT2D eigenvalue weighted by atomic mass is 9.84. The predicted molar refractivity (Wildman–Crippen MR) is 157 cm³/mol. The summed E-state index contributed by atoms with van der Waals surface area (Å²) in [6.07, 6.45) is 0. The van der Waals surface area contributed by atoms with Gasteiger partial charge in [-0.3, -0.25) is 14.9 Å². The summed E-state index contributed by atoms with van der Waals surface area (Å²) < 4.78 is 2.57. The molecule has 0 aliphatic heterocycles. The second kappa shape index (κ2) is 11.5. The standard InChI is InChI=1S/C26H29N5O2S4/c1-14-9-17(26(4,5)6)10-15(2)19(14)12-34-25-31-30-23(37-25)29-22(33)13-35-24-28-20-8-7-18(27-16(3)32)11-21(20)36-24/h7-11H,12-13H2,1-6H3,(H,27,32)(H,29,30,33). The number of hydrogen-bond acceptors (Lipinski definition) is 9. The highest BCUT2D eigenvalue weighted by Gasteiger charge is 2.17. The van der Waals surface area contributed by atoms with Gasteiger partial charge in [0.05, 0.1) is 16.0 Å². The van der Waals surface area contributed by atoms with Crippen molar-refractivity contribution in [2.24, 2.45) is 0 Å². The van der Waals surface area contributed by atoms with Crippen LogP contribution in [0.25, 0.3) is 10.2 Å². The fourth-order valence-corrected chi connectivity index (χ4v) is 7.51. The number of thioether (sulfide) groups is 2. The van der Waals surface area contributed by atoms with Gasteiger partial charge in [0.1, 0.15) is 0 Å². The molecule has 0 atom stereocenters. The molecule has 2 N–H and O–H groups in total. The SMILES string of the molecule is CC(=O)Nc1ccc2nc(SCC(=O)Nc3nnc(SCc4c(C)cc(C(C)(C)C)cc4C)s3)sc2c1. The monoisotopic (exact) mass is 571 g/mol. The van der Waals surface area contributed by atoms with Gasteiger partial charge in [-0.15, -0.1) is 21.5 Å². The minimum atomic E-state index is -0.152. The van der Waals surface area contributed by atoms with Gasteiger partial charge in [0.2, 0.25) is 16.9 Å². The summed E-state index contributed by atoms with van der Waals surface area (Å²) >= 11 is 5.88. The first kappa shape index (κ1) is 27.6. The molecule has 0 fully saturated rings. The summed E-state index contributed by atoms with van der Waals surface area (Å²) in [5, 5.41) is 14.5. The summed E-state index contributed by atoms with van der Waals surface area (Å²) in [5.41, 5.74) is 6.92. The lowest BCUT2D eigenvalue weighted by Crippen LogP contribution is -2.13. The van der Waals surface area contributed by atoms with Crippen molar-refractivity contribution in [2.75, 3.05) is 16.4 Å². The van der Waals surface area contributed by atoms with Crippen LogP contribution in [0.1, 0.15) is 49.9 Å². The van der Waals surface area contributed by atoms with E-state index in [2.05, 4.69) is 72.6 Å². The average molecular weight is 572 g/mol. The molecular formula is C26H29N5O2S4. The molecule has 0 saturated heterocycles. The maximum atomic E-state index is 12.5. The van der Waals surface area contributed by atoms with Gasteiger partial charge >= 0.3 is 0 Å². The van der Waals surface area contributed by atoms with Crippen LogP contribution in [0.2, 0.25) is 0 Å². The van der Waals surface area contributed by atoms with Crippen LogP contribution in [0.3, 0.4) is 0 Å². The summed E-state index contributed by atoms with van der Waals surface area (Å²) in [4.78, 5) is 28.3. The highest BCUT2D eigenvalue weighted by Crippen LogP contribution is 2.34. The summed E-state index contributed by atoms with van der Waals surface area (Å²) in [6.45, 7) is 12.5.